The molecule has 2 aromatic rings. The molecule has 0 radical (unpaired) electrons. The van der Waals surface area contributed by atoms with Crippen molar-refractivity contribution in [3.8, 4) is 0 Å². The summed E-state index contributed by atoms with van der Waals surface area (Å²) in [5.41, 5.74) is 2.51. The lowest BCUT2D eigenvalue weighted by Gasteiger charge is -2.28. The molecule has 2 heteroatoms. The van der Waals surface area contributed by atoms with Crippen LogP contribution in [0, 0.1) is 11.8 Å². The second-order valence-electron chi connectivity index (χ2n) is 6.06. The third-order valence-electron chi connectivity index (χ3n) is 4.77. The highest BCUT2D eigenvalue weighted by atomic mass is 14.9. The van der Waals surface area contributed by atoms with Gasteiger partial charge in [0.15, 0.2) is 0 Å². The van der Waals surface area contributed by atoms with E-state index in [4.69, 9.17) is 0 Å². The molecule has 106 valence electrons. The highest BCUT2D eigenvalue weighted by Crippen LogP contribution is 2.40. The molecule has 3 unspecified atom stereocenters. The van der Waals surface area contributed by atoms with Gasteiger partial charge in [0.1, 0.15) is 0 Å². The summed E-state index contributed by atoms with van der Waals surface area (Å²) in [6.07, 6.45) is 5.98. The molecule has 1 aromatic heterocycles. The Hall–Kier alpha value is -1.41. The minimum absolute atomic E-state index is 0.476. The molecule has 1 fully saturated rings. The van der Waals surface area contributed by atoms with Crippen LogP contribution >= 0.6 is 0 Å². The smallest absolute Gasteiger partial charge is 0.0705 e. The molecule has 3 rings (SSSR count). The van der Waals surface area contributed by atoms with Gasteiger partial charge in [-0.2, -0.15) is 0 Å². The van der Waals surface area contributed by atoms with E-state index in [1.807, 2.05) is 12.3 Å². The largest absolute Gasteiger partial charge is 0.310 e. The number of nitrogens with one attached hydrogen (secondary N) is 1. The maximum absolute atomic E-state index is 4.50. The van der Waals surface area contributed by atoms with Crippen LogP contribution in [0.15, 0.2) is 36.5 Å². The first kappa shape index (κ1) is 13.6. The van der Waals surface area contributed by atoms with Gasteiger partial charge in [-0.05, 0) is 42.5 Å². The molecule has 1 aliphatic rings. The normalized spacial score (nSPS) is 24.1. The Labute approximate surface area is 121 Å². The van der Waals surface area contributed by atoms with Crippen LogP contribution < -0.4 is 5.32 Å². The van der Waals surface area contributed by atoms with Crippen molar-refractivity contribution in [3.05, 3.63) is 42.1 Å². The number of hydrogen-bond donors (Lipinski definition) is 1. The molecule has 1 saturated carbocycles. The van der Waals surface area contributed by atoms with E-state index in [2.05, 4.69) is 48.4 Å². The van der Waals surface area contributed by atoms with Crippen molar-refractivity contribution >= 4 is 10.9 Å². The zero-order chi connectivity index (χ0) is 13.9. The Balaban J connectivity index is 1.96. The molecule has 1 heterocycles. The molecule has 1 aromatic carbocycles. The average molecular weight is 268 g/mol. The molecule has 0 bridgehead atoms. The topological polar surface area (TPSA) is 24.9 Å². The number of fused-ring (bicyclic) bond motifs is 1. The molecule has 1 N–H and O–H groups in total. The van der Waals surface area contributed by atoms with E-state index < -0.39 is 0 Å². The van der Waals surface area contributed by atoms with E-state index in [0.717, 1.165) is 23.9 Å². The first-order chi connectivity index (χ1) is 9.79. The zero-order valence-corrected chi connectivity index (χ0v) is 12.5. The summed E-state index contributed by atoms with van der Waals surface area (Å²) in [5.74, 6) is 1.58. The monoisotopic (exact) mass is 268 g/mol. The van der Waals surface area contributed by atoms with Crippen molar-refractivity contribution in [2.24, 2.45) is 11.8 Å². The fraction of sp³-hybridized carbons (Fsp3) is 0.500. The Kier molecular flexibility index (Phi) is 4.02. The van der Waals surface area contributed by atoms with E-state index in [1.54, 1.807) is 0 Å². The van der Waals surface area contributed by atoms with Crippen LogP contribution in [0.5, 0.6) is 0 Å². The van der Waals surface area contributed by atoms with Crippen LogP contribution in [0.1, 0.15) is 44.7 Å². The van der Waals surface area contributed by atoms with Crippen LogP contribution in [0.3, 0.4) is 0 Å². The van der Waals surface area contributed by atoms with Crippen LogP contribution in [0.25, 0.3) is 10.9 Å². The number of rotatable bonds is 4. The molecule has 0 spiro atoms. The van der Waals surface area contributed by atoms with E-state index in [9.17, 15) is 0 Å². The lowest BCUT2D eigenvalue weighted by Crippen LogP contribution is -2.29. The van der Waals surface area contributed by atoms with Crippen molar-refractivity contribution in [1.29, 1.82) is 0 Å². The molecule has 20 heavy (non-hydrogen) atoms. The van der Waals surface area contributed by atoms with Gasteiger partial charge in [-0.3, -0.25) is 4.98 Å². The lowest BCUT2D eigenvalue weighted by molar-refractivity contribution is 0.306. The first-order valence-corrected chi connectivity index (χ1v) is 7.87. The minimum atomic E-state index is 0.476. The summed E-state index contributed by atoms with van der Waals surface area (Å²) < 4.78 is 0. The number of hydrogen-bond acceptors (Lipinski definition) is 2. The lowest BCUT2D eigenvalue weighted by atomic mass is 9.85. The summed E-state index contributed by atoms with van der Waals surface area (Å²) in [6.45, 7) is 5.63. The van der Waals surface area contributed by atoms with E-state index in [0.29, 0.717) is 6.04 Å². The maximum Gasteiger partial charge on any atom is 0.0705 e. The molecule has 1 aliphatic carbocycles. The molecule has 2 nitrogen and oxygen atoms in total. The Morgan fingerprint density at radius 1 is 1.30 bits per heavy atom. The third-order valence-corrected chi connectivity index (χ3v) is 4.77. The van der Waals surface area contributed by atoms with Crippen LogP contribution in [-0.2, 0) is 0 Å². The highest BCUT2D eigenvalue weighted by molar-refractivity contribution is 5.79. The van der Waals surface area contributed by atoms with Gasteiger partial charge in [-0.15, -0.1) is 0 Å². The minimum Gasteiger partial charge on any atom is -0.310 e. The summed E-state index contributed by atoms with van der Waals surface area (Å²) in [6, 6.07) is 11.4. The second kappa shape index (κ2) is 5.92. The van der Waals surface area contributed by atoms with Gasteiger partial charge in [0.25, 0.3) is 0 Å². The van der Waals surface area contributed by atoms with E-state index >= 15 is 0 Å². The van der Waals surface area contributed by atoms with E-state index in [-0.39, 0.29) is 0 Å². The molecule has 3 atom stereocenters. The maximum atomic E-state index is 4.50. The van der Waals surface area contributed by atoms with Crippen molar-refractivity contribution in [1.82, 2.24) is 10.3 Å². The summed E-state index contributed by atoms with van der Waals surface area (Å²) in [4.78, 5) is 4.50. The van der Waals surface area contributed by atoms with Crippen molar-refractivity contribution in [3.63, 3.8) is 0 Å². The van der Waals surface area contributed by atoms with Crippen molar-refractivity contribution in [2.75, 3.05) is 6.54 Å². The fourth-order valence-electron chi connectivity index (χ4n) is 3.68. The van der Waals surface area contributed by atoms with Crippen LogP contribution in [0.4, 0.5) is 0 Å². The Morgan fingerprint density at radius 2 is 2.20 bits per heavy atom. The SMILES string of the molecule is CCNC(c1ccc2cccnc2c1)C1CCCC1C. The average Bonchev–Trinajstić information content (AvgIpc) is 2.90. The quantitative estimate of drug-likeness (QED) is 0.893. The third kappa shape index (κ3) is 2.57. The van der Waals surface area contributed by atoms with Gasteiger partial charge in [-0.25, -0.2) is 0 Å². The molecule has 0 amide bonds. The standard InChI is InChI=1S/C18H24N2/c1-3-19-18(16-8-4-6-13(16)2)15-10-9-14-7-5-11-20-17(14)12-15/h5,7,9-13,16,18-19H,3-4,6,8H2,1-2H3. The predicted octanol–water partition coefficient (Wildman–Crippen LogP) is 4.32. The van der Waals surface area contributed by atoms with Crippen molar-refractivity contribution < 1.29 is 0 Å². The molecular weight excluding hydrogens is 244 g/mol. The second-order valence-corrected chi connectivity index (χ2v) is 6.06. The zero-order valence-electron chi connectivity index (χ0n) is 12.5. The number of benzene rings is 1. The van der Waals surface area contributed by atoms with Gasteiger partial charge in [0, 0.05) is 17.6 Å². The van der Waals surface area contributed by atoms with Gasteiger partial charge < -0.3 is 5.32 Å². The molecule has 0 saturated heterocycles. The van der Waals surface area contributed by atoms with Crippen LogP contribution in [-0.4, -0.2) is 11.5 Å². The van der Waals surface area contributed by atoms with Gasteiger partial charge in [-0.1, -0.05) is 44.9 Å². The summed E-state index contributed by atoms with van der Waals surface area (Å²) in [5, 5.41) is 4.94. The first-order valence-electron chi connectivity index (χ1n) is 7.87. The van der Waals surface area contributed by atoms with E-state index in [1.165, 1.54) is 30.2 Å². The molecular formula is C18H24N2. The predicted molar refractivity (Wildman–Crippen MR) is 84.7 cm³/mol. The Bertz CT molecular complexity index is 578. The summed E-state index contributed by atoms with van der Waals surface area (Å²) in [7, 11) is 0. The van der Waals surface area contributed by atoms with Gasteiger partial charge in [0.05, 0.1) is 5.52 Å². The van der Waals surface area contributed by atoms with Gasteiger partial charge in [0.2, 0.25) is 0 Å². The van der Waals surface area contributed by atoms with Crippen molar-refractivity contribution in [2.45, 2.75) is 39.2 Å². The highest BCUT2D eigenvalue weighted by Gasteiger charge is 2.31. The van der Waals surface area contributed by atoms with Crippen LogP contribution in [0.2, 0.25) is 0 Å². The fourth-order valence-corrected chi connectivity index (χ4v) is 3.68. The number of pyridine rings is 1. The summed E-state index contributed by atoms with van der Waals surface area (Å²) >= 11 is 0. The number of aromatic nitrogens is 1. The molecule has 0 aliphatic heterocycles. The number of nitrogens with zero attached hydrogens (tertiary/aromatic N) is 1. The van der Waals surface area contributed by atoms with Gasteiger partial charge >= 0.3 is 0 Å². The Morgan fingerprint density at radius 3 is 2.95 bits per heavy atom.